The summed E-state index contributed by atoms with van der Waals surface area (Å²) >= 11 is 6.33. The third-order valence-corrected chi connectivity index (χ3v) is 4.65. The molecule has 0 saturated heterocycles. The van der Waals surface area contributed by atoms with E-state index >= 15 is 0 Å². The molecule has 2 heterocycles. The Kier molecular flexibility index (Phi) is 4.94. The Bertz CT molecular complexity index is 1310. The van der Waals surface area contributed by atoms with Gasteiger partial charge in [0.05, 0.1) is 21.6 Å². The van der Waals surface area contributed by atoms with Gasteiger partial charge >= 0.3 is 0 Å². The van der Waals surface area contributed by atoms with Crippen molar-refractivity contribution < 1.29 is 4.39 Å². The molecule has 0 bridgehead atoms. The van der Waals surface area contributed by atoms with Crippen LogP contribution in [0.4, 0.5) is 4.39 Å². The van der Waals surface area contributed by atoms with E-state index in [1.165, 1.54) is 22.8 Å². The van der Waals surface area contributed by atoms with E-state index in [2.05, 4.69) is 15.0 Å². The van der Waals surface area contributed by atoms with Gasteiger partial charge in [-0.05, 0) is 62.4 Å². The summed E-state index contributed by atoms with van der Waals surface area (Å²) in [6.45, 7) is 3.77. The molecule has 7 heteroatoms. The lowest BCUT2D eigenvalue weighted by Crippen LogP contribution is -2.22. The standard InChI is InChI=1S/C22H16ClFN4O/c1-13-11-14(2)26-20(25-13)9-10-21-27-18-8-7-15(24)12-16(18)22(29)28(21)19-6-4-3-5-17(19)23/h3-12H,1-2H3/b10-9+. The second kappa shape index (κ2) is 7.56. The van der Waals surface area contributed by atoms with Crippen molar-refractivity contribution >= 4 is 34.7 Å². The van der Waals surface area contributed by atoms with E-state index in [1.54, 1.807) is 36.4 Å². The SMILES string of the molecule is Cc1cc(C)nc(/C=C/c2nc3ccc(F)cc3c(=O)n2-c2ccccc2Cl)n1. The summed E-state index contributed by atoms with van der Waals surface area (Å²) in [5.41, 5.74) is 2.10. The average molecular weight is 407 g/mol. The van der Waals surface area contributed by atoms with Crippen LogP contribution in [0.1, 0.15) is 23.0 Å². The average Bonchev–Trinajstić information content (AvgIpc) is 2.67. The summed E-state index contributed by atoms with van der Waals surface area (Å²) < 4.78 is 15.1. The second-order valence-corrected chi connectivity index (χ2v) is 6.97. The summed E-state index contributed by atoms with van der Waals surface area (Å²) in [5.74, 6) is 0.334. The van der Waals surface area contributed by atoms with Gasteiger partial charge in [-0.2, -0.15) is 0 Å². The quantitative estimate of drug-likeness (QED) is 0.492. The van der Waals surface area contributed by atoms with Crippen molar-refractivity contribution in [1.29, 1.82) is 0 Å². The largest absolute Gasteiger partial charge is 0.268 e. The molecule has 4 aromatic rings. The van der Waals surface area contributed by atoms with Crippen molar-refractivity contribution in [3.05, 3.63) is 92.8 Å². The fraction of sp³-hybridized carbons (Fsp3) is 0.0909. The fourth-order valence-electron chi connectivity index (χ4n) is 3.13. The normalized spacial score (nSPS) is 11.4. The predicted molar refractivity (Wildman–Crippen MR) is 113 cm³/mol. The van der Waals surface area contributed by atoms with Crippen LogP contribution in [0.2, 0.25) is 5.02 Å². The molecule has 0 aliphatic rings. The molecule has 0 aliphatic carbocycles. The Balaban J connectivity index is 1.98. The number of hydrogen-bond donors (Lipinski definition) is 0. The Hall–Kier alpha value is -3.38. The van der Waals surface area contributed by atoms with Gasteiger partial charge in [0.25, 0.3) is 5.56 Å². The first kappa shape index (κ1) is 19.0. The van der Waals surface area contributed by atoms with Crippen molar-refractivity contribution in [3.8, 4) is 5.69 Å². The summed E-state index contributed by atoms with van der Waals surface area (Å²) in [5, 5.41) is 0.550. The van der Waals surface area contributed by atoms with Gasteiger partial charge in [0.1, 0.15) is 11.6 Å². The number of halogens is 2. The number of nitrogens with zero attached hydrogens (tertiary/aromatic N) is 4. The maximum Gasteiger partial charge on any atom is 0.266 e. The molecule has 0 fully saturated rings. The van der Waals surface area contributed by atoms with E-state index in [0.29, 0.717) is 27.9 Å². The van der Waals surface area contributed by atoms with Gasteiger partial charge in [-0.3, -0.25) is 9.36 Å². The molecule has 0 N–H and O–H groups in total. The smallest absolute Gasteiger partial charge is 0.266 e. The molecule has 0 unspecified atom stereocenters. The summed E-state index contributed by atoms with van der Waals surface area (Å²) in [6.07, 6.45) is 3.34. The molecule has 0 spiro atoms. The molecule has 29 heavy (non-hydrogen) atoms. The van der Waals surface area contributed by atoms with Crippen LogP contribution in [0.5, 0.6) is 0 Å². The highest BCUT2D eigenvalue weighted by Gasteiger charge is 2.14. The van der Waals surface area contributed by atoms with Gasteiger partial charge in [0.2, 0.25) is 0 Å². The van der Waals surface area contributed by atoms with Crippen LogP contribution in [0.3, 0.4) is 0 Å². The number of para-hydroxylation sites is 1. The van der Waals surface area contributed by atoms with Crippen LogP contribution >= 0.6 is 11.6 Å². The van der Waals surface area contributed by atoms with Crippen LogP contribution in [-0.4, -0.2) is 19.5 Å². The maximum absolute atomic E-state index is 13.7. The van der Waals surface area contributed by atoms with Crippen LogP contribution in [0, 0.1) is 19.7 Å². The lowest BCUT2D eigenvalue weighted by Gasteiger charge is -2.12. The summed E-state index contributed by atoms with van der Waals surface area (Å²) in [7, 11) is 0. The fourth-order valence-corrected chi connectivity index (χ4v) is 3.35. The van der Waals surface area contributed by atoms with Crippen LogP contribution < -0.4 is 5.56 Å². The lowest BCUT2D eigenvalue weighted by molar-refractivity contribution is 0.629. The van der Waals surface area contributed by atoms with Crippen LogP contribution in [-0.2, 0) is 0 Å². The second-order valence-electron chi connectivity index (χ2n) is 6.57. The monoisotopic (exact) mass is 406 g/mol. The van der Waals surface area contributed by atoms with Gasteiger partial charge in [0, 0.05) is 11.4 Å². The number of hydrogen-bond acceptors (Lipinski definition) is 4. The Morgan fingerprint density at radius 3 is 2.41 bits per heavy atom. The first-order valence-corrected chi connectivity index (χ1v) is 9.28. The van der Waals surface area contributed by atoms with Gasteiger partial charge < -0.3 is 0 Å². The van der Waals surface area contributed by atoms with Gasteiger partial charge in [-0.15, -0.1) is 0 Å². The minimum Gasteiger partial charge on any atom is -0.268 e. The van der Waals surface area contributed by atoms with Crippen molar-refractivity contribution in [3.63, 3.8) is 0 Å². The van der Waals surface area contributed by atoms with E-state index in [1.807, 2.05) is 19.9 Å². The third kappa shape index (κ3) is 3.79. The maximum atomic E-state index is 13.7. The van der Waals surface area contributed by atoms with Crippen LogP contribution in [0.25, 0.3) is 28.7 Å². The molecule has 4 rings (SSSR count). The molecular weight excluding hydrogens is 391 g/mol. The van der Waals surface area contributed by atoms with E-state index in [-0.39, 0.29) is 5.39 Å². The van der Waals surface area contributed by atoms with Crippen molar-refractivity contribution in [2.75, 3.05) is 0 Å². The number of aromatic nitrogens is 4. The summed E-state index contributed by atoms with van der Waals surface area (Å²) in [6, 6.07) is 12.7. The molecule has 0 amide bonds. The van der Waals surface area contributed by atoms with Gasteiger partial charge in [-0.1, -0.05) is 23.7 Å². The topological polar surface area (TPSA) is 60.7 Å². The first-order valence-electron chi connectivity index (χ1n) is 8.90. The van der Waals surface area contributed by atoms with Gasteiger partial charge in [-0.25, -0.2) is 19.3 Å². The van der Waals surface area contributed by atoms with Crippen molar-refractivity contribution in [2.45, 2.75) is 13.8 Å². The Labute approximate surface area is 171 Å². The zero-order valence-electron chi connectivity index (χ0n) is 15.7. The molecule has 2 aromatic carbocycles. The third-order valence-electron chi connectivity index (χ3n) is 4.33. The van der Waals surface area contributed by atoms with E-state index in [9.17, 15) is 9.18 Å². The number of rotatable bonds is 3. The summed E-state index contributed by atoms with van der Waals surface area (Å²) in [4.78, 5) is 26.5. The first-order chi connectivity index (χ1) is 13.9. The van der Waals surface area contributed by atoms with Crippen molar-refractivity contribution in [1.82, 2.24) is 19.5 Å². The Morgan fingerprint density at radius 2 is 1.69 bits per heavy atom. The zero-order chi connectivity index (χ0) is 20.5. The lowest BCUT2D eigenvalue weighted by atomic mass is 10.2. The molecular formula is C22H16ClFN4O. The van der Waals surface area contributed by atoms with E-state index in [4.69, 9.17) is 11.6 Å². The van der Waals surface area contributed by atoms with Crippen molar-refractivity contribution in [2.24, 2.45) is 0 Å². The number of fused-ring (bicyclic) bond motifs is 1. The highest BCUT2D eigenvalue weighted by Crippen LogP contribution is 2.22. The minimum atomic E-state index is -0.506. The highest BCUT2D eigenvalue weighted by atomic mass is 35.5. The molecule has 144 valence electrons. The van der Waals surface area contributed by atoms with Crippen LogP contribution in [0.15, 0.2) is 53.3 Å². The molecule has 5 nitrogen and oxygen atoms in total. The van der Waals surface area contributed by atoms with E-state index < -0.39 is 11.4 Å². The van der Waals surface area contributed by atoms with E-state index in [0.717, 1.165) is 11.4 Å². The molecule has 0 aliphatic heterocycles. The molecule has 0 saturated carbocycles. The zero-order valence-corrected chi connectivity index (χ0v) is 16.5. The molecule has 0 radical (unpaired) electrons. The predicted octanol–water partition coefficient (Wildman–Crippen LogP) is 4.76. The molecule has 0 atom stereocenters. The molecule has 2 aromatic heterocycles. The number of benzene rings is 2. The highest BCUT2D eigenvalue weighted by molar-refractivity contribution is 6.32. The van der Waals surface area contributed by atoms with Gasteiger partial charge in [0.15, 0.2) is 5.82 Å². The number of aryl methyl sites for hydroxylation is 2. The minimum absolute atomic E-state index is 0.171. The Morgan fingerprint density at radius 1 is 0.966 bits per heavy atom.